The van der Waals surface area contributed by atoms with Gasteiger partial charge in [0.1, 0.15) is 11.8 Å². The summed E-state index contributed by atoms with van der Waals surface area (Å²) >= 11 is 0. The molecule has 172 valence electrons. The number of hydrogen-bond donors (Lipinski definition) is 1. The number of carbonyl (C=O) groups is 2. The summed E-state index contributed by atoms with van der Waals surface area (Å²) in [7, 11) is 0. The van der Waals surface area contributed by atoms with Crippen molar-refractivity contribution in [3.8, 4) is 5.75 Å². The Labute approximate surface area is 192 Å². The van der Waals surface area contributed by atoms with Gasteiger partial charge in [-0.15, -0.1) is 0 Å². The molecule has 0 aliphatic heterocycles. The molecular formula is C27H36N2O3. The summed E-state index contributed by atoms with van der Waals surface area (Å²) < 4.78 is 5.73. The molecule has 1 atom stereocenters. The minimum absolute atomic E-state index is 0.0190. The molecule has 0 aromatic heterocycles. The third-order valence-corrected chi connectivity index (χ3v) is 6.10. The first-order valence-corrected chi connectivity index (χ1v) is 11.9. The van der Waals surface area contributed by atoms with Crippen molar-refractivity contribution in [1.82, 2.24) is 10.2 Å². The Balaban J connectivity index is 1.60. The van der Waals surface area contributed by atoms with E-state index in [2.05, 4.69) is 11.4 Å². The molecule has 32 heavy (non-hydrogen) atoms. The maximum Gasteiger partial charge on any atom is 0.242 e. The largest absolute Gasteiger partial charge is 0.494 e. The van der Waals surface area contributed by atoms with Crippen LogP contribution in [0.15, 0.2) is 54.6 Å². The fourth-order valence-corrected chi connectivity index (χ4v) is 4.23. The normalized spacial score (nSPS) is 15.1. The van der Waals surface area contributed by atoms with Gasteiger partial charge in [-0.2, -0.15) is 0 Å². The predicted octanol–water partition coefficient (Wildman–Crippen LogP) is 5.02. The minimum Gasteiger partial charge on any atom is -0.494 e. The summed E-state index contributed by atoms with van der Waals surface area (Å²) in [5, 5.41) is 3.18. The standard InChI is InChI=1S/C27H36N2O3/c1-21-11-9-12-23(19-21)20-29(22(2)27(31)28-24-13-5-3-6-14-24)26(30)17-10-18-32-25-15-7-4-8-16-25/h4,7-9,11-12,15-16,19,22,24H,3,5-6,10,13-14,17-18,20H2,1-2H3,(H,28,31)/t22-/m1/s1. The second-order valence-corrected chi connectivity index (χ2v) is 8.80. The third kappa shape index (κ3) is 7.40. The van der Waals surface area contributed by atoms with Crippen LogP contribution in [0.1, 0.15) is 63.0 Å². The van der Waals surface area contributed by atoms with Crippen LogP contribution in [-0.2, 0) is 16.1 Å². The molecule has 0 radical (unpaired) electrons. The van der Waals surface area contributed by atoms with E-state index in [1.54, 1.807) is 4.90 Å². The van der Waals surface area contributed by atoms with Crippen molar-refractivity contribution in [1.29, 1.82) is 0 Å². The number of amides is 2. The first-order chi connectivity index (χ1) is 15.5. The van der Waals surface area contributed by atoms with E-state index < -0.39 is 6.04 Å². The first-order valence-electron chi connectivity index (χ1n) is 11.9. The van der Waals surface area contributed by atoms with E-state index >= 15 is 0 Å². The number of nitrogens with one attached hydrogen (secondary N) is 1. The molecule has 3 rings (SSSR count). The second-order valence-electron chi connectivity index (χ2n) is 8.80. The number of aryl methyl sites for hydroxylation is 1. The molecule has 0 saturated heterocycles. The zero-order valence-electron chi connectivity index (χ0n) is 19.4. The lowest BCUT2D eigenvalue weighted by atomic mass is 9.95. The van der Waals surface area contributed by atoms with Gasteiger partial charge in [-0.25, -0.2) is 0 Å². The average Bonchev–Trinajstić information content (AvgIpc) is 2.81. The van der Waals surface area contributed by atoms with E-state index in [1.807, 2.05) is 62.4 Å². The van der Waals surface area contributed by atoms with Gasteiger partial charge in [-0.3, -0.25) is 9.59 Å². The molecule has 1 saturated carbocycles. The van der Waals surface area contributed by atoms with Gasteiger partial charge in [0.15, 0.2) is 0 Å². The minimum atomic E-state index is -0.514. The Morgan fingerprint density at radius 3 is 2.53 bits per heavy atom. The molecule has 1 N–H and O–H groups in total. The van der Waals surface area contributed by atoms with Gasteiger partial charge in [0.05, 0.1) is 6.61 Å². The van der Waals surface area contributed by atoms with Crippen LogP contribution in [0.25, 0.3) is 0 Å². The second kappa shape index (κ2) is 12.3. The van der Waals surface area contributed by atoms with E-state index in [4.69, 9.17) is 4.74 Å². The predicted molar refractivity (Wildman–Crippen MR) is 127 cm³/mol. The average molecular weight is 437 g/mol. The van der Waals surface area contributed by atoms with Crippen molar-refractivity contribution in [2.24, 2.45) is 0 Å². The topological polar surface area (TPSA) is 58.6 Å². The molecule has 2 amide bonds. The summed E-state index contributed by atoms with van der Waals surface area (Å²) in [6, 6.07) is 17.4. The molecule has 2 aromatic rings. The van der Waals surface area contributed by atoms with Crippen molar-refractivity contribution in [3.63, 3.8) is 0 Å². The van der Waals surface area contributed by atoms with Crippen LogP contribution in [0, 0.1) is 6.92 Å². The molecule has 0 bridgehead atoms. The summed E-state index contributed by atoms with van der Waals surface area (Å²) in [6.07, 6.45) is 6.57. The summed E-state index contributed by atoms with van der Waals surface area (Å²) in [6.45, 7) is 4.78. The van der Waals surface area contributed by atoms with Crippen LogP contribution in [0.5, 0.6) is 5.75 Å². The van der Waals surface area contributed by atoms with Gasteiger partial charge < -0.3 is 15.0 Å². The Hall–Kier alpha value is -2.82. The highest BCUT2D eigenvalue weighted by atomic mass is 16.5. The Morgan fingerprint density at radius 2 is 1.81 bits per heavy atom. The van der Waals surface area contributed by atoms with Crippen molar-refractivity contribution in [2.75, 3.05) is 6.61 Å². The lowest BCUT2D eigenvalue weighted by molar-refractivity contribution is -0.141. The molecule has 5 heteroatoms. The summed E-state index contributed by atoms with van der Waals surface area (Å²) in [4.78, 5) is 27.9. The van der Waals surface area contributed by atoms with Crippen LogP contribution < -0.4 is 10.1 Å². The molecule has 5 nitrogen and oxygen atoms in total. The molecular weight excluding hydrogens is 400 g/mol. The van der Waals surface area contributed by atoms with Crippen LogP contribution in [-0.4, -0.2) is 35.4 Å². The van der Waals surface area contributed by atoms with Gasteiger partial charge in [0.25, 0.3) is 0 Å². The number of rotatable bonds is 10. The highest BCUT2D eigenvalue weighted by molar-refractivity contribution is 5.87. The number of ether oxygens (including phenoxy) is 1. The smallest absolute Gasteiger partial charge is 0.242 e. The van der Waals surface area contributed by atoms with Crippen LogP contribution in [0.3, 0.4) is 0 Å². The SMILES string of the molecule is Cc1cccc(CN(C(=O)CCCOc2ccccc2)[C@H](C)C(=O)NC2CCCCC2)c1. The van der Waals surface area contributed by atoms with Gasteiger partial charge >= 0.3 is 0 Å². The van der Waals surface area contributed by atoms with E-state index in [1.165, 1.54) is 6.42 Å². The Bertz CT molecular complexity index is 862. The number of hydrogen-bond acceptors (Lipinski definition) is 3. The van der Waals surface area contributed by atoms with Crippen molar-refractivity contribution < 1.29 is 14.3 Å². The summed E-state index contributed by atoms with van der Waals surface area (Å²) in [5.74, 6) is 0.727. The van der Waals surface area contributed by atoms with Gasteiger partial charge in [0.2, 0.25) is 11.8 Å². The number of benzene rings is 2. The summed E-state index contributed by atoms with van der Waals surface area (Å²) in [5.41, 5.74) is 2.18. The highest BCUT2D eigenvalue weighted by Crippen LogP contribution is 2.19. The van der Waals surface area contributed by atoms with E-state index in [0.717, 1.165) is 42.6 Å². The monoisotopic (exact) mass is 436 g/mol. The Kier molecular flexibility index (Phi) is 9.14. The fraction of sp³-hybridized carbons (Fsp3) is 0.481. The highest BCUT2D eigenvalue weighted by Gasteiger charge is 2.27. The van der Waals surface area contributed by atoms with Gasteiger partial charge in [-0.05, 0) is 50.8 Å². The first kappa shape index (κ1) is 23.8. The molecule has 1 fully saturated rings. The van der Waals surface area contributed by atoms with Gasteiger partial charge in [-0.1, -0.05) is 67.3 Å². The number of carbonyl (C=O) groups excluding carboxylic acids is 2. The van der Waals surface area contributed by atoms with Crippen LogP contribution in [0.2, 0.25) is 0 Å². The van der Waals surface area contributed by atoms with Crippen molar-refractivity contribution >= 4 is 11.8 Å². The quantitative estimate of drug-likeness (QED) is 0.532. The molecule has 2 aromatic carbocycles. The van der Waals surface area contributed by atoms with Crippen LogP contribution >= 0.6 is 0 Å². The fourth-order valence-electron chi connectivity index (χ4n) is 4.23. The van der Waals surface area contributed by atoms with E-state index in [0.29, 0.717) is 26.0 Å². The third-order valence-electron chi connectivity index (χ3n) is 6.10. The zero-order chi connectivity index (χ0) is 22.8. The van der Waals surface area contributed by atoms with E-state index in [9.17, 15) is 9.59 Å². The lowest BCUT2D eigenvalue weighted by Crippen LogP contribution is -2.50. The number of para-hydroxylation sites is 1. The maximum atomic E-state index is 13.2. The maximum absolute atomic E-state index is 13.2. The van der Waals surface area contributed by atoms with Gasteiger partial charge in [0, 0.05) is 19.0 Å². The van der Waals surface area contributed by atoms with Crippen molar-refractivity contribution in [2.45, 2.75) is 77.4 Å². The molecule has 1 aliphatic carbocycles. The molecule has 0 heterocycles. The molecule has 0 spiro atoms. The van der Waals surface area contributed by atoms with Crippen molar-refractivity contribution in [3.05, 3.63) is 65.7 Å². The molecule has 0 unspecified atom stereocenters. The number of nitrogens with zero attached hydrogens (tertiary/aromatic N) is 1. The van der Waals surface area contributed by atoms with Crippen LogP contribution in [0.4, 0.5) is 0 Å². The lowest BCUT2D eigenvalue weighted by Gasteiger charge is -2.31. The van der Waals surface area contributed by atoms with E-state index in [-0.39, 0.29) is 17.9 Å². The Morgan fingerprint density at radius 1 is 1.06 bits per heavy atom. The molecule has 1 aliphatic rings. The zero-order valence-corrected chi connectivity index (χ0v) is 19.4.